The summed E-state index contributed by atoms with van der Waals surface area (Å²) >= 11 is 0. The molecule has 2 saturated heterocycles. The molecule has 3 N–H and O–H groups in total. The van der Waals surface area contributed by atoms with E-state index in [-0.39, 0.29) is 42.2 Å². The number of anilines is 2. The number of amides is 1. The Morgan fingerprint density at radius 1 is 1.03 bits per heavy atom. The Morgan fingerprint density at radius 2 is 1.71 bits per heavy atom. The van der Waals surface area contributed by atoms with Gasteiger partial charge in [0.15, 0.2) is 0 Å². The van der Waals surface area contributed by atoms with E-state index in [1.54, 1.807) is 12.1 Å². The van der Waals surface area contributed by atoms with Crippen LogP contribution < -0.4 is 16.1 Å². The highest BCUT2D eigenvalue weighted by molar-refractivity contribution is 7.89. The molecule has 2 aliphatic rings. The van der Waals surface area contributed by atoms with Crippen molar-refractivity contribution in [3.05, 3.63) is 62.2 Å². The normalized spacial score (nSPS) is 17.1. The molecule has 0 radical (unpaired) electrons. The third-order valence-corrected chi connectivity index (χ3v) is 8.63. The SMILES string of the molecule is NC(=O)C1CCN(S(=O)(=O)c2cc([N+](=O)[O-])ccc2N/N=C\c2ccc(N3CCCC3)c([N+](=O)[O-])c2)CC1. The zero-order valence-corrected chi connectivity index (χ0v) is 21.2. The predicted molar refractivity (Wildman–Crippen MR) is 140 cm³/mol. The lowest BCUT2D eigenvalue weighted by atomic mass is 9.98. The fourth-order valence-electron chi connectivity index (χ4n) is 4.62. The molecule has 15 heteroatoms. The van der Waals surface area contributed by atoms with Gasteiger partial charge in [0, 0.05) is 55.9 Å². The molecule has 4 rings (SSSR count). The Kier molecular flexibility index (Phi) is 7.87. The molecular weight excluding hydrogens is 518 g/mol. The van der Waals surface area contributed by atoms with Crippen LogP contribution in [0.3, 0.4) is 0 Å². The van der Waals surface area contributed by atoms with Crippen molar-refractivity contribution >= 4 is 44.9 Å². The summed E-state index contributed by atoms with van der Waals surface area (Å²) < 4.78 is 27.9. The van der Waals surface area contributed by atoms with Crippen LogP contribution in [0.1, 0.15) is 31.2 Å². The second-order valence-corrected chi connectivity index (χ2v) is 11.0. The van der Waals surface area contributed by atoms with Gasteiger partial charge in [0.1, 0.15) is 10.6 Å². The van der Waals surface area contributed by atoms with Gasteiger partial charge in [-0.15, -0.1) is 0 Å². The van der Waals surface area contributed by atoms with Gasteiger partial charge in [-0.1, -0.05) is 6.07 Å². The number of nitrogens with two attached hydrogens (primary N) is 1. The summed E-state index contributed by atoms with van der Waals surface area (Å²) in [4.78, 5) is 34.9. The number of piperidine rings is 1. The molecule has 0 bridgehead atoms. The van der Waals surface area contributed by atoms with Gasteiger partial charge in [0.2, 0.25) is 15.9 Å². The number of hydrazone groups is 1. The summed E-state index contributed by atoms with van der Waals surface area (Å²) in [6, 6.07) is 8.03. The Hall–Kier alpha value is -4.11. The van der Waals surface area contributed by atoms with Crippen molar-refractivity contribution in [2.24, 2.45) is 16.8 Å². The van der Waals surface area contributed by atoms with Gasteiger partial charge in [-0.05, 0) is 37.8 Å². The molecule has 1 amide bonds. The van der Waals surface area contributed by atoms with E-state index in [1.807, 2.05) is 4.90 Å². The second kappa shape index (κ2) is 11.1. The lowest BCUT2D eigenvalue weighted by Gasteiger charge is -2.30. The van der Waals surface area contributed by atoms with Crippen LogP contribution in [-0.4, -0.2) is 60.9 Å². The first-order valence-corrected chi connectivity index (χ1v) is 13.4. The van der Waals surface area contributed by atoms with Crippen molar-refractivity contribution in [1.29, 1.82) is 0 Å². The van der Waals surface area contributed by atoms with Crippen molar-refractivity contribution in [2.45, 2.75) is 30.6 Å². The highest BCUT2D eigenvalue weighted by Gasteiger charge is 2.33. The zero-order chi connectivity index (χ0) is 27.4. The molecule has 0 aliphatic carbocycles. The molecule has 202 valence electrons. The number of nitro benzene ring substituents is 2. The van der Waals surface area contributed by atoms with Gasteiger partial charge in [-0.25, -0.2) is 8.42 Å². The fourth-order valence-corrected chi connectivity index (χ4v) is 6.25. The number of sulfonamides is 1. The number of primary amides is 1. The Balaban J connectivity index is 1.59. The summed E-state index contributed by atoms with van der Waals surface area (Å²) in [5.74, 6) is -0.933. The minimum atomic E-state index is -4.18. The number of non-ortho nitro benzene ring substituents is 1. The van der Waals surface area contributed by atoms with Gasteiger partial charge in [-0.3, -0.25) is 30.4 Å². The molecule has 2 aliphatic heterocycles. The molecule has 0 spiro atoms. The van der Waals surface area contributed by atoms with E-state index in [4.69, 9.17) is 5.73 Å². The third kappa shape index (κ3) is 5.73. The zero-order valence-electron chi connectivity index (χ0n) is 20.4. The lowest BCUT2D eigenvalue weighted by Crippen LogP contribution is -2.41. The topological polar surface area (TPSA) is 194 Å². The van der Waals surface area contributed by atoms with Crippen LogP contribution in [0.5, 0.6) is 0 Å². The number of hydrogen-bond donors (Lipinski definition) is 2. The molecule has 0 aromatic heterocycles. The van der Waals surface area contributed by atoms with Crippen LogP contribution in [0.25, 0.3) is 0 Å². The first-order chi connectivity index (χ1) is 18.1. The lowest BCUT2D eigenvalue weighted by molar-refractivity contribution is -0.385. The minimum Gasteiger partial charge on any atom is -0.369 e. The van der Waals surface area contributed by atoms with Crippen molar-refractivity contribution in [3.63, 3.8) is 0 Å². The van der Waals surface area contributed by atoms with Gasteiger partial charge >= 0.3 is 0 Å². The van der Waals surface area contributed by atoms with Crippen LogP contribution in [0.15, 0.2) is 46.4 Å². The Morgan fingerprint density at radius 3 is 2.32 bits per heavy atom. The van der Waals surface area contributed by atoms with Gasteiger partial charge in [0.25, 0.3) is 11.4 Å². The summed E-state index contributed by atoms with van der Waals surface area (Å²) in [6.45, 7) is 1.56. The van der Waals surface area contributed by atoms with Gasteiger partial charge in [0.05, 0.1) is 21.7 Å². The number of nitro groups is 2. The van der Waals surface area contributed by atoms with Crippen LogP contribution in [0, 0.1) is 26.1 Å². The van der Waals surface area contributed by atoms with Gasteiger partial charge < -0.3 is 10.6 Å². The minimum absolute atomic E-state index is 0.00735. The van der Waals surface area contributed by atoms with Crippen molar-refractivity contribution < 1.29 is 23.1 Å². The molecule has 2 heterocycles. The number of carbonyl (C=O) groups excluding carboxylic acids is 1. The average molecular weight is 546 g/mol. The standard InChI is InChI=1S/C23H27N7O7S/c24-23(31)17-7-11-28(12-8-17)38(36,37)22-14-18(29(32)33)4-5-19(22)26-25-15-16-3-6-20(21(13-16)30(34)35)27-9-1-2-10-27/h3-6,13-15,17,26H,1-2,7-12H2,(H2,24,31)/b25-15-. The summed E-state index contributed by atoms with van der Waals surface area (Å²) in [5, 5.41) is 27.0. The van der Waals surface area contributed by atoms with E-state index in [9.17, 15) is 33.4 Å². The second-order valence-electron chi connectivity index (χ2n) is 9.09. The number of carbonyl (C=O) groups is 1. The smallest absolute Gasteiger partial charge is 0.293 e. The number of nitrogens with zero attached hydrogens (tertiary/aromatic N) is 5. The van der Waals surface area contributed by atoms with Crippen LogP contribution in [0.2, 0.25) is 0 Å². The first-order valence-electron chi connectivity index (χ1n) is 12.0. The molecule has 2 aromatic rings. The van der Waals surface area contributed by atoms with Crippen molar-refractivity contribution in [3.8, 4) is 0 Å². The maximum atomic E-state index is 13.4. The Labute approximate surface area is 218 Å². The van der Waals surface area contributed by atoms with E-state index < -0.39 is 37.4 Å². The monoisotopic (exact) mass is 545 g/mol. The van der Waals surface area contributed by atoms with Gasteiger partial charge in [-0.2, -0.15) is 9.41 Å². The number of nitrogens with one attached hydrogen (secondary N) is 1. The molecule has 0 atom stereocenters. The number of hydrogen-bond acceptors (Lipinski definition) is 10. The summed E-state index contributed by atoms with van der Waals surface area (Å²) in [6.07, 6.45) is 3.73. The fraction of sp³-hybridized carbons (Fsp3) is 0.391. The quantitative estimate of drug-likeness (QED) is 0.270. The molecule has 14 nitrogen and oxygen atoms in total. The van der Waals surface area contributed by atoms with E-state index in [0.717, 1.165) is 42.4 Å². The largest absolute Gasteiger partial charge is 0.369 e. The third-order valence-electron chi connectivity index (χ3n) is 6.69. The maximum Gasteiger partial charge on any atom is 0.293 e. The summed E-state index contributed by atoms with van der Waals surface area (Å²) in [7, 11) is -4.18. The van der Waals surface area contributed by atoms with E-state index >= 15 is 0 Å². The molecule has 0 saturated carbocycles. The van der Waals surface area contributed by atoms with Crippen molar-refractivity contribution in [1.82, 2.24) is 4.31 Å². The molecular formula is C23H27N7O7S. The summed E-state index contributed by atoms with van der Waals surface area (Å²) in [5.41, 5.74) is 8.39. The van der Waals surface area contributed by atoms with Crippen LogP contribution in [-0.2, 0) is 14.8 Å². The van der Waals surface area contributed by atoms with Crippen molar-refractivity contribution in [2.75, 3.05) is 36.5 Å². The van der Waals surface area contributed by atoms with Crippen LogP contribution >= 0.6 is 0 Å². The first kappa shape index (κ1) is 26.9. The van der Waals surface area contributed by atoms with E-state index in [2.05, 4.69) is 10.5 Å². The molecule has 2 aromatic carbocycles. The van der Waals surface area contributed by atoms with E-state index in [0.29, 0.717) is 11.3 Å². The highest BCUT2D eigenvalue weighted by Crippen LogP contribution is 2.33. The molecule has 2 fully saturated rings. The molecule has 0 unspecified atom stereocenters. The predicted octanol–water partition coefficient (Wildman–Crippen LogP) is 2.44. The molecule has 38 heavy (non-hydrogen) atoms. The number of rotatable bonds is 9. The maximum absolute atomic E-state index is 13.4. The number of benzene rings is 2. The average Bonchev–Trinajstić information content (AvgIpc) is 3.43. The van der Waals surface area contributed by atoms with Crippen LogP contribution in [0.4, 0.5) is 22.7 Å². The van der Waals surface area contributed by atoms with E-state index in [1.165, 1.54) is 18.3 Å². The Bertz CT molecular complexity index is 1380. The highest BCUT2D eigenvalue weighted by atomic mass is 32.2.